The van der Waals surface area contributed by atoms with Gasteiger partial charge >= 0.3 is 5.97 Å². The Labute approximate surface area is 186 Å². The van der Waals surface area contributed by atoms with Gasteiger partial charge in [-0.25, -0.2) is 4.79 Å². The molecule has 172 valence electrons. The largest absolute Gasteiger partial charge is 0.496 e. The van der Waals surface area contributed by atoms with E-state index in [0.29, 0.717) is 18.9 Å². The standard InChI is InChI=1S/C22H28N4O6/c1-5-32-20(28)16-12-17-19(27)25(13-15-8-6-7-9-18(15)31-4)22(2,14-26(17)24-16)21(29)23-10-11-30-3/h6-9,12H,5,10-11,13-14H2,1-4H3,(H,23,29)/t22-/m0/s1. The summed E-state index contributed by atoms with van der Waals surface area (Å²) < 4.78 is 16.8. The Morgan fingerprint density at radius 1 is 1.25 bits per heavy atom. The van der Waals surface area contributed by atoms with Gasteiger partial charge in [0.15, 0.2) is 5.69 Å². The summed E-state index contributed by atoms with van der Waals surface area (Å²) >= 11 is 0. The van der Waals surface area contributed by atoms with Crippen LogP contribution in [0.15, 0.2) is 30.3 Å². The van der Waals surface area contributed by atoms with Gasteiger partial charge in [-0.2, -0.15) is 5.10 Å². The molecule has 2 amide bonds. The molecule has 1 aliphatic rings. The van der Waals surface area contributed by atoms with Gasteiger partial charge in [0, 0.05) is 25.3 Å². The first-order valence-corrected chi connectivity index (χ1v) is 10.3. The lowest BCUT2D eigenvalue weighted by Gasteiger charge is -2.43. The van der Waals surface area contributed by atoms with Crippen molar-refractivity contribution < 1.29 is 28.6 Å². The number of fused-ring (bicyclic) bond motifs is 1. The zero-order chi connectivity index (χ0) is 23.3. The molecule has 0 fully saturated rings. The average molecular weight is 444 g/mol. The Balaban J connectivity index is 2.01. The average Bonchev–Trinajstić information content (AvgIpc) is 3.21. The number of nitrogens with zero attached hydrogens (tertiary/aromatic N) is 3. The van der Waals surface area contributed by atoms with Crippen LogP contribution in [-0.2, 0) is 27.4 Å². The van der Waals surface area contributed by atoms with Gasteiger partial charge in [-0.05, 0) is 19.9 Å². The van der Waals surface area contributed by atoms with Crippen LogP contribution in [0.25, 0.3) is 0 Å². The van der Waals surface area contributed by atoms with Gasteiger partial charge in [0.25, 0.3) is 5.91 Å². The summed E-state index contributed by atoms with van der Waals surface area (Å²) in [6.45, 7) is 4.39. The molecule has 1 N–H and O–H groups in total. The third kappa shape index (κ3) is 4.45. The van der Waals surface area contributed by atoms with Crippen molar-refractivity contribution in [3.05, 3.63) is 47.3 Å². The second-order valence-electron chi connectivity index (χ2n) is 7.52. The highest BCUT2D eigenvalue weighted by atomic mass is 16.5. The van der Waals surface area contributed by atoms with Crippen LogP contribution in [0.1, 0.15) is 40.4 Å². The van der Waals surface area contributed by atoms with E-state index in [2.05, 4.69) is 10.4 Å². The first kappa shape index (κ1) is 23.3. The van der Waals surface area contributed by atoms with Gasteiger partial charge in [-0.1, -0.05) is 18.2 Å². The van der Waals surface area contributed by atoms with Crippen molar-refractivity contribution in [1.29, 1.82) is 0 Å². The van der Waals surface area contributed by atoms with Gasteiger partial charge < -0.3 is 24.4 Å². The Hall–Kier alpha value is -3.40. The minimum Gasteiger partial charge on any atom is -0.496 e. The normalized spacial score (nSPS) is 17.6. The van der Waals surface area contributed by atoms with Crippen LogP contribution in [-0.4, -0.2) is 72.0 Å². The predicted octanol–water partition coefficient (Wildman–Crippen LogP) is 1.25. The zero-order valence-electron chi connectivity index (χ0n) is 18.7. The summed E-state index contributed by atoms with van der Waals surface area (Å²) in [5, 5.41) is 7.05. The molecule has 1 aliphatic heterocycles. The highest BCUT2D eigenvalue weighted by Crippen LogP contribution is 2.31. The number of ether oxygens (including phenoxy) is 3. The molecule has 32 heavy (non-hydrogen) atoms. The second kappa shape index (κ2) is 9.82. The molecule has 0 bridgehead atoms. The highest BCUT2D eigenvalue weighted by molar-refractivity contribution is 6.01. The summed E-state index contributed by atoms with van der Waals surface area (Å²) in [6, 6.07) is 8.70. The molecule has 0 unspecified atom stereocenters. The van der Waals surface area contributed by atoms with E-state index in [9.17, 15) is 14.4 Å². The number of amides is 2. The Bertz CT molecular complexity index is 1000. The molecule has 0 saturated heterocycles. The minimum atomic E-state index is -1.27. The number of para-hydroxylation sites is 1. The van der Waals surface area contributed by atoms with E-state index in [4.69, 9.17) is 14.2 Å². The topological polar surface area (TPSA) is 112 Å². The summed E-state index contributed by atoms with van der Waals surface area (Å²) in [5.74, 6) is -0.787. The van der Waals surface area contributed by atoms with Crippen molar-refractivity contribution in [2.75, 3.05) is 34.0 Å². The van der Waals surface area contributed by atoms with Crippen LogP contribution in [0.3, 0.4) is 0 Å². The number of aromatic nitrogens is 2. The van der Waals surface area contributed by atoms with Gasteiger partial charge in [0.05, 0.1) is 33.4 Å². The molecule has 10 heteroatoms. The minimum absolute atomic E-state index is 0.0245. The van der Waals surface area contributed by atoms with E-state index in [1.54, 1.807) is 34.1 Å². The van der Waals surface area contributed by atoms with Gasteiger partial charge in [-0.3, -0.25) is 14.3 Å². The Morgan fingerprint density at radius 2 is 2.00 bits per heavy atom. The van der Waals surface area contributed by atoms with E-state index < -0.39 is 17.4 Å². The number of carbonyl (C=O) groups excluding carboxylic acids is 3. The number of esters is 1. The lowest BCUT2D eigenvalue weighted by atomic mass is 9.94. The molecular weight excluding hydrogens is 416 g/mol. The summed E-state index contributed by atoms with van der Waals surface area (Å²) in [4.78, 5) is 40.4. The number of rotatable bonds is 9. The van der Waals surface area contributed by atoms with Crippen molar-refractivity contribution in [2.45, 2.75) is 32.5 Å². The zero-order valence-corrected chi connectivity index (χ0v) is 18.7. The summed E-state index contributed by atoms with van der Waals surface area (Å²) in [6.07, 6.45) is 0. The lowest BCUT2D eigenvalue weighted by molar-refractivity contribution is -0.133. The fraction of sp³-hybridized carbons (Fsp3) is 0.455. The molecule has 0 spiro atoms. The molecule has 10 nitrogen and oxygen atoms in total. The van der Waals surface area contributed by atoms with Crippen molar-refractivity contribution >= 4 is 17.8 Å². The summed E-state index contributed by atoms with van der Waals surface area (Å²) in [7, 11) is 3.09. The maximum atomic E-state index is 13.5. The molecule has 1 aromatic heterocycles. The molecular formula is C22H28N4O6. The third-order valence-corrected chi connectivity index (χ3v) is 5.38. The number of nitrogens with one attached hydrogen (secondary N) is 1. The maximum absolute atomic E-state index is 13.5. The van der Waals surface area contributed by atoms with Crippen LogP contribution in [0.4, 0.5) is 0 Å². The SMILES string of the molecule is CCOC(=O)c1cc2n(n1)C[C@@](C)(C(=O)NCCOC)N(Cc1ccccc1OC)C2=O. The smallest absolute Gasteiger partial charge is 0.358 e. The predicted molar refractivity (Wildman–Crippen MR) is 114 cm³/mol. The van der Waals surface area contributed by atoms with Gasteiger partial charge in [0.2, 0.25) is 5.91 Å². The number of hydrogen-bond acceptors (Lipinski definition) is 7. The Kier molecular flexibility index (Phi) is 7.14. The fourth-order valence-corrected chi connectivity index (χ4v) is 3.66. The van der Waals surface area contributed by atoms with Crippen molar-refractivity contribution in [3.63, 3.8) is 0 Å². The summed E-state index contributed by atoms with van der Waals surface area (Å²) in [5.41, 5.74) is -0.282. The van der Waals surface area contributed by atoms with Gasteiger partial charge in [-0.15, -0.1) is 0 Å². The number of hydrogen-bond donors (Lipinski definition) is 1. The van der Waals surface area contributed by atoms with Crippen LogP contribution in [0, 0.1) is 0 Å². The molecule has 2 heterocycles. The van der Waals surface area contributed by atoms with Crippen molar-refractivity contribution in [2.24, 2.45) is 0 Å². The molecule has 1 atom stereocenters. The number of carbonyl (C=O) groups is 3. The van der Waals surface area contributed by atoms with Gasteiger partial charge in [0.1, 0.15) is 17.0 Å². The van der Waals surface area contributed by atoms with Crippen molar-refractivity contribution in [1.82, 2.24) is 20.0 Å². The highest BCUT2D eigenvalue weighted by Gasteiger charge is 2.48. The monoisotopic (exact) mass is 444 g/mol. The third-order valence-electron chi connectivity index (χ3n) is 5.38. The van der Waals surface area contributed by atoms with E-state index in [0.717, 1.165) is 5.56 Å². The van der Waals surface area contributed by atoms with E-state index >= 15 is 0 Å². The van der Waals surface area contributed by atoms with Crippen LogP contribution < -0.4 is 10.1 Å². The molecule has 0 radical (unpaired) electrons. The van der Waals surface area contributed by atoms with E-state index in [1.807, 2.05) is 18.2 Å². The maximum Gasteiger partial charge on any atom is 0.358 e. The Morgan fingerprint density at radius 3 is 2.69 bits per heavy atom. The van der Waals surface area contributed by atoms with E-state index in [-0.39, 0.29) is 37.0 Å². The van der Waals surface area contributed by atoms with Crippen LogP contribution in [0.5, 0.6) is 5.75 Å². The fourth-order valence-electron chi connectivity index (χ4n) is 3.66. The molecule has 3 rings (SSSR count). The van der Waals surface area contributed by atoms with Crippen LogP contribution >= 0.6 is 0 Å². The number of benzene rings is 1. The van der Waals surface area contributed by atoms with E-state index in [1.165, 1.54) is 15.6 Å². The van der Waals surface area contributed by atoms with Crippen LogP contribution in [0.2, 0.25) is 0 Å². The first-order valence-electron chi connectivity index (χ1n) is 10.3. The lowest BCUT2D eigenvalue weighted by Crippen LogP contribution is -2.63. The molecule has 1 aromatic carbocycles. The van der Waals surface area contributed by atoms with Crippen molar-refractivity contribution in [3.8, 4) is 5.75 Å². The molecule has 0 aliphatic carbocycles. The molecule has 2 aromatic rings. The second-order valence-corrected chi connectivity index (χ2v) is 7.52. The first-order chi connectivity index (χ1) is 15.3. The quantitative estimate of drug-likeness (QED) is 0.458. The molecule has 0 saturated carbocycles. The number of methoxy groups -OCH3 is 2.